The molecule has 1 atom stereocenters. The van der Waals surface area contributed by atoms with Crippen LogP contribution in [0.2, 0.25) is 0 Å². The summed E-state index contributed by atoms with van der Waals surface area (Å²) in [5.41, 5.74) is 0.623. The molecule has 8 heteroatoms. The second kappa shape index (κ2) is 7.26. The summed E-state index contributed by atoms with van der Waals surface area (Å²) in [6.07, 6.45) is 0.462. The Hall–Kier alpha value is -2.09. The van der Waals surface area contributed by atoms with Gasteiger partial charge in [-0.3, -0.25) is 9.59 Å². The first-order valence-electron chi connectivity index (χ1n) is 6.68. The summed E-state index contributed by atoms with van der Waals surface area (Å²) in [6, 6.07) is 6.00. The summed E-state index contributed by atoms with van der Waals surface area (Å²) < 4.78 is 5.43. The van der Waals surface area contributed by atoms with Gasteiger partial charge in [-0.2, -0.15) is 0 Å². The molecular formula is C14H16BrN3O4. The normalized spacial score (nSPS) is 17.3. The van der Waals surface area contributed by atoms with Crippen LogP contribution in [0.15, 0.2) is 28.7 Å². The lowest BCUT2D eigenvalue weighted by Crippen LogP contribution is -2.44. The van der Waals surface area contributed by atoms with E-state index in [1.54, 1.807) is 24.3 Å². The van der Waals surface area contributed by atoms with E-state index in [0.29, 0.717) is 18.7 Å². The average Bonchev–Trinajstić information content (AvgIpc) is 2.82. The van der Waals surface area contributed by atoms with E-state index in [0.717, 1.165) is 4.47 Å². The molecular weight excluding hydrogens is 354 g/mol. The first kappa shape index (κ1) is 16.3. The van der Waals surface area contributed by atoms with E-state index in [1.807, 2.05) is 0 Å². The Kier molecular flexibility index (Phi) is 5.37. The van der Waals surface area contributed by atoms with Gasteiger partial charge in [0, 0.05) is 16.7 Å². The fourth-order valence-corrected chi connectivity index (χ4v) is 2.37. The van der Waals surface area contributed by atoms with E-state index in [-0.39, 0.29) is 12.5 Å². The number of benzene rings is 1. The molecule has 1 aromatic rings. The number of likely N-dealkylation sites (tertiary alicyclic amines) is 1. The van der Waals surface area contributed by atoms with E-state index in [9.17, 15) is 14.4 Å². The molecule has 3 amide bonds. The molecule has 2 N–H and O–H groups in total. The number of halogens is 1. The zero-order valence-corrected chi connectivity index (χ0v) is 13.6. The van der Waals surface area contributed by atoms with Gasteiger partial charge >= 0.3 is 12.0 Å². The molecule has 1 aliphatic rings. The van der Waals surface area contributed by atoms with E-state index in [1.165, 1.54) is 12.0 Å². The van der Waals surface area contributed by atoms with Crippen molar-refractivity contribution >= 4 is 39.5 Å². The summed E-state index contributed by atoms with van der Waals surface area (Å²) in [4.78, 5) is 36.5. The predicted octanol–water partition coefficient (Wildman–Crippen LogP) is 1.34. The number of hydrogen-bond donors (Lipinski definition) is 2. The van der Waals surface area contributed by atoms with Crippen molar-refractivity contribution in [3.63, 3.8) is 0 Å². The van der Waals surface area contributed by atoms with Crippen molar-refractivity contribution in [3.8, 4) is 0 Å². The molecule has 2 rings (SSSR count). The molecule has 0 radical (unpaired) electrons. The number of nitrogens with zero attached hydrogens (tertiary/aromatic N) is 1. The van der Waals surface area contributed by atoms with Gasteiger partial charge in [-0.25, -0.2) is 4.79 Å². The lowest BCUT2D eigenvalue weighted by atomic mass is 10.2. The molecule has 1 aromatic carbocycles. The highest BCUT2D eigenvalue weighted by Gasteiger charge is 2.33. The maximum absolute atomic E-state index is 12.1. The van der Waals surface area contributed by atoms with Crippen LogP contribution < -0.4 is 10.6 Å². The van der Waals surface area contributed by atoms with Crippen molar-refractivity contribution in [1.82, 2.24) is 10.2 Å². The van der Waals surface area contributed by atoms with E-state index < -0.39 is 18.0 Å². The van der Waals surface area contributed by atoms with Gasteiger partial charge in [-0.15, -0.1) is 0 Å². The lowest BCUT2D eigenvalue weighted by molar-refractivity contribution is -0.145. The van der Waals surface area contributed by atoms with E-state index in [4.69, 9.17) is 0 Å². The van der Waals surface area contributed by atoms with Crippen molar-refractivity contribution in [2.24, 2.45) is 0 Å². The minimum absolute atomic E-state index is 0.0954. The molecule has 7 nitrogen and oxygen atoms in total. The van der Waals surface area contributed by atoms with Gasteiger partial charge in [0.05, 0.1) is 7.11 Å². The van der Waals surface area contributed by atoms with Gasteiger partial charge in [0.15, 0.2) is 0 Å². The van der Waals surface area contributed by atoms with Gasteiger partial charge in [0.1, 0.15) is 12.6 Å². The Morgan fingerprint density at radius 1 is 1.36 bits per heavy atom. The smallest absolute Gasteiger partial charge is 0.325 e. The van der Waals surface area contributed by atoms with Gasteiger partial charge in [-0.05, 0) is 30.7 Å². The third-order valence-corrected chi connectivity index (χ3v) is 3.78. The predicted molar refractivity (Wildman–Crippen MR) is 83.3 cm³/mol. The third kappa shape index (κ3) is 4.20. The number of methoxy groups -OCH3 is 1. The highest BCUT2D eigenvalue weighted by atomic mass is 79.9. The lowest BCUT2D eigenvalue weighted by Gasteiger charge is -2.16. The zero-order chi connectivity index (χ0) is 16.1. The molecule has 1 fully saturated rings. The highest BCUT2D eigenvalue weighted by molar-refractivity contribution is 9.10. The van der Waals surface area contributed by atoms with Crippen molar-refractivity contribution < 1.29 is 19.1 Å². The number of carbonyl (C=O) groups excluding carboxylic acids is 3. The van der Waals surface area contributed by atoms with Gasteiger partial charge < -0.3 is 20.3 Å². The summed E-state index contributed by atoms with van der Waals surface area (Å²) >= 11 is 3.31. The molecule has 0 spiro atoms. The van der Waals surface area contributed by atoms with E-state index >= 15 is 0 Å². The quantitative estimate of drug-likeness (QED) is 0.784. The molecule has 0 aromatic heterocycles. The van der Waals surface area contributed by atoms with Crippen LogP contribution in [0.3, 0.4) is 0 Å². The van der Waals surface area contributed by atoms with Crippen molar-refractivity contribution in [3.05, 3.63) is 28.7 Å². The number of urea groups is 1. The number of hydrogen-bond acceptors (Lipinski definition) is 4. The zero-order valence-electron chi connectivity index (χ0n) is 12.0. The number of amides is 3. The largest absolute Gasteiger partial charge is 0.468 e. The monoisotopic (exact) mass is 369 g/mol. The molecule has 1 saturated heterocycles. The molecule has 0 saturated carbocycles. The second-order valence-corrected chi connectivity index (χ2v) is 5.70. The molecule has 22 heavy (non-hydrogen) atoms. The summed E-state index contributed by atoms with van der Waals surface area (Å²) in [5, 5.41) is 5.26. The molecule has 0 aliphatic carbocycles. The van der Waals surface area contributed by atoms with Crippen LogP contribution in [0, 0.1) is 0 Å². The van der Waals surface area contributed by atoms with Crippen LogP contribution in [0.5, 0.6) is 0 Å². The second-order valence-electron chi connectivity index (χ2n) is 4.78. The summed E-state index contributed by atoms with van der Waals surface area (Å²) in [6.45, 7) is 0.318. The van der Waals surface area contributed by atoms with Gasteiger partial charge in [0.2, 0.25) is 5.91 Å². The Morgan fingerprint density at radius 3 is 2.68 bits per heavy atom. The fourth-order valence-electron chi connectivity index (χ4n) is 2.11. The van der Waals surface area contributed by atoms with Crippen molar-refractivity contribution in [2.75, 3.05) is 25.5 Å². The standard InChI is InChI=1S/C14H16BrN3O4/c1-22-12(19)8-18-7-6-11(13(18)20)17-14(21)16-10-4-2-9(15)3-5-10/h2-5,11H,6-8H2,1H3,(H2,16,17,21)/t11-/m0/s1. The van der Waals surface area contributed by atoms with Crippen LogP contribution in [0.4, 0.5) is 10.5 Å². The number of anilines is 1. The fraction of sp³-hybridized carbons (Fsp3) is 0.357. The molecule has 1 aliphatic heterocycles. The number of ether oxygens (including phenoxy) is 1. The first-order chi connectivity index (χ1) is 10.5. The molecule has 1 heterocycles. The molecule has 118 valence electrons. The SMILES string of the molecule is COC(=O)CN1CC[C@H](NC(=O)Nc2ccc(Br)cc2)C1=O. The number of carbonyl (C=O) groups is 3. The van der Waals surface area contributed by atoms with Crippen LogP contribution in [0.25, 0.3) is 0 Å². The van der Waals surface area contributed by atoms with Crippen molar-refractivity contribution in [1.29, 1.82) is 0 Å². The summed E-state index contributed by atoms with van der Waals surface area (Å²) in [5.74, 6) is -0.760. The number of nitrogens with one attached hydrogen (secondary N) is 2. The Labute approximate surface area is 136 Å². The number of rotatable bonds is 4. The van der Waals surface area contributed by atoms with Crippen LogP contribution in [0.1, 0.15) is 6.42 Å². The topological polar surface area (TPSA) is 87.7 Å². The molecule has 0 bridgehead atoms. The third-order valence-electron chi connectivity index (χ3n) is 3.25. The number of esters is 1. The maximum Gasteiger partial charge on any atom is 0.325 e. The van der Waals surface area contributed by atoms with Gasteiger partial charge in [0.25, 0.3) is 0 Å². The average molecular weight is 370 g/mol. The van der Waals surface area contributed by atoms with Crippen LogP contribution in [-0.2, 0) is 14.3 Å². The van der Waals surface area contributed by atoms with Crippen molar-refractivity contribution in [2.45, 2.75) is 12.5 Å². The maximum atomic E-state index is 12.1. The first-order valence-corrected chi connectivity index (χ1v) is 7.47. The van der Waals surface area contributed by atoms with Gasteiger partial charge in [-0.1, -0.05) is 15.9 Å². The van der Waals surface area contributed by atoms with E-state index in [2.05, 4.69) is 31.3 Å². The Bertz CT molecular complexity index is 576. The Morgan fingerprint density at radius 2 is 2.05 bits per heavy atom. The van der Waals surface area contributed by atoms with Crippen LogP contribution >= 0.6 is 15.9 Å². The highest BCUT2D eigenvalue weighted by Crippen LogP contribution is 2.15. The minimum Gasteiger partial charge on any atom is -0.468 e. The Balaban J connectivity index is 1.86. The minimum atomic E-state index is -0.625. The van der Waals surface area contributed by atoms with Crippen LogP contribution in [-0.4, -0.2) is 49.0 Å². The molecule has 0 unspecified atom stereocenters. The summed E-state index contributed by atoms with van der Waals surface area (Å²) in [7, 11) is 1.27.